The number of hydrogen-bond donors (Lipinski definition) is 1. The van der Waals surface area contributed by atoms with Crippen molar-refractivity contribution in [3.05, 3.63) is 93.9 Å². The lowest BCUT2D eigenvalue weighted by molar-refractivity contribution is -0.384. The van der Waals surface area contributed by atoms with Crippen LogP contribution in [0.1, 0.15) is 11.3 Å². The topological polar surface area (TPSA) is 106 Å². The van der Waals surface area contributed by atoms with Crippen LogP contribution in [-0.4, -0.2) is 21.8 Å². The van der Waals surface area contributed by atoms with Gasteiger partial charge in [-0.3, -0.25) is 19.8 Å². The van der Waals surface area contributed by atoms with Gasteiger partial charge in [-0.15, -0.1) is 0 Å². The maximum Gasteiger partial charge on any atom is 0.329 e. The molecule has 0 bridgehead atoms. The van der Waals surface area contributed by atoms with Crippen molar-refractivity contribution < 1.29 is 18.9 Å². The first-order valence-corrected chi connectivity index (χ1v) is 8.74. The number of furan rings is 1. The summed E-state index contributed by atoms with van der Waals surface area (Å²) in [5.41, 5.74) is 1.43. The molecule has 1 fully saturated rings. The van der Waals surface area contributed by atoms with E-state index in [1.807, 2.05) is 30.3 Å². The first-order valence-electron chi connectivity index (χ1n) is 8.74. The van der Waals surface area contributed by atoms with Crippen LogP contribution in [0.15, 0.2) is 76.8 Å². The molecule has 1 aliphatic heterocycles. The van der Waals surface area contributed by atoms with E-state index >= 15 is 0 Å². The summed E-state index contributed by atoms with van der Waals surface area (Å²) in [6.45, 7) is 0.167. The van der Waals surface area contributed by atoms with E-state index in [1.54, 1.807) is 24.3 Å². The van der Waals surface area contributed by atoms with Gasteiger partial charge < -0.3 is 9.73 Å². The monoisotopic (exact) mass is 389 g/mol. The van der Waals surface area contributed by atoms with E-state index in [0.29, 0.717) is 17.1 Å². The van der Waals surface area contributed by atoms with Crippen molar-refractivity contribution in [1.82, 2.24) is 10.2 Å². The lowest BCUT2D eigenvalue weighted by Crippen LogP contribution is -2.30. The number of urea groups is 1. The van der Waals surface area contributed by atoms with Crippen LogP contribution in [0.25, 0.3) is 17.4 Å². The number of amides is 3. The number of nitro groups is 1. The van der Waals surface area contributed by atoms with Crippen LogP contribution in [0, 0.1) is 10.1 Å². The van der Waals surface area contributed by atoms with E-state index in [4.69, 9.17) is 4.42 Å². The molecule has 1 aliphatic rings. The highest BCUT2D eigenvalue weighted by atomic mass is 16.6. The molecule has 1 saturated heterocycles. The Morgan fingerprint density at radius 1 is 1.03 bits per heavy atom. The first-order chi connectivity index (χ1) is 14.0. The fraction of sp³-hybridized carbons (Fsp3) is 0.0476. The number of carbonyl (C=O) groups is 2. The molecule has 0 atom stereocenters. The third-order valence-corrected chi connectivity index (χ3v) is 4.40. The minimum Gasteiger partial charge on any atom is -0.457 e. The Labute approximate surface area is 165 Å². The summed E-state index contributed by atoms with van der Waals surface area (Å²) in [4.78, 5) is 36.3. The van der Waals surface area contributed by atoms with Gasteiger partial charge in [0.25, 0.3) is 11.6 Å². The third-order valence-electron chi connectivity index (χ3n) is 4.40. The van der Waals surface area contributed by atoms with E-state index in [2.05, 4.69) is 5.32 Å². The van der Waals surface area contributed by atoms with Gasteiger partial charge in [-0.05, 0) is 17.7 Å². The normalized spacial score (nSPS) is 15.0. The average molecular weight is 389 g/mol. The quantitative estimate of drug-likeness (QED) is 0.308. The van der Waals surface area contributed by atoms with Crippen LogP contribution >= 0.6 is 0 Å². The molecule has 8 heteroatoms. The molecule has 3 aromatic rings. The number of nitrogens with zero attached hydrogens (tertiary/aromatic N) is 2. The van der Waals surface area contributed by atoms with Crippen LogP contribution in [0.5, 0.6) is 0 Å². The molecule has 1 aromatic heterocycles. The molecule has 0 saturated carbocycles. The van der Waals surface area contributed by atoms with E-state index < -0.39 is 16.9 Å². The molecule has 8 nitrogen and oxygen atoms in total. The maximum absolute atomic E-state index is 12.6. The van der Waals surface area contributed by atoms with Crippen molar-refractivity contribution >= 4 is 23.7 Å². The molecule has 0 radical (unpaired) electrons. The summed E-state index contributed by atoms with van der Waals surface area (Å²) < 4.78 is 5.68. The van der Waals surface area contributed by atoms with Crippen molar-refractivity contribution in [2.75, 3.05) is 0 Å². The Balaban J connectivity index is 1.55. The summed E-state index contributed by atoms with van der Waals surface area (Å²) in [5, 5.41) is 13.5. The van der Waals surface area contributed by atoms with Crippen LogP contribution < -0.4 is 5.32 Å². The predicted octanol–water partition coefficient (Wildman–Crippen LogP) is 3.95. The highest BCUT2D eigenvalue weighted by Gasteiger charge is 2.33. The van der Waals surface area contributed by atoms with Gasteiger partial charge in [0.2, 0.25) is 0 Å². The predicted molar refractivity (Wildman–Crippen MR) is 104 cm³/mol. The zero-order chi connectivity index (χ0) is 20.4. The zero-order valence-electron chi connectivity index (χ0n) is 15.1. The van der Waals surface area contributed by atoms with Gasteiger partial charge in [-0.25, -0.2) is 4.79 Å². The molecule has 29 heavy (non-hydrogen) atoms. The standard InChI is InChI=1S/C21H15N3O5/c25-20-18(22-21(26)23(20)13-14-5-2-1-3-6-14)12-17-9-10-19(29-17)15-7-4-8-16(11-15)24(27)28/h1-12H,13H2,(H,22,26)/b18-12+. The molecule has 4 rings (SSSR count). The molecule has 1 N–H and O–H groups in total. The minimum absolute atomic E-state index is 0.0476. The lowest BCUT2D eigenvalue weighted by Gasteiger charge is -2.11. The highest BCUT2D eigenvalue weighted by molar-refractivity contribution is 6.13. The van der Waals surface area contributed by atoms with Crippen molar-refractivity contribution in [3.8, 4) is 11.3 Å². The number of nitro benzene ring substituents is 1. The average Bonchev–Trinajstić information content (AvgIpc) is 3.29. The summed E-state index contributed by atoms with van der Waals surface area (Å²) >= 11 is 0. The van der Waals surface area contributed by atoms with Crippen LogP contribution in [0.3, 0.4) is 0 Å². The molecule has 2 aromatic carbocycles. The molecule has 0 unspecified atom stereocenters. The number of carbonyl (C=O) groups excluding carboxylic acids is 2. The van der Waals surface area contributed by atoms with Gasteiger partial charge in [0.15, 0.2) is 0 Å². The fourth-order valence-corrected chi connectivity index (χ4v) is 2.98. The largest absolute Gasteiger partial charge is 0.457 e. The maximum atomic E-state index is 12.6. The molecular weight excluding hydrogens is 374 g/mol. The second-order valence-electron chi connectivity index (χ2n) is 6.37. The Morgan fingerprint density at radius 2 is 1.83 bits per heavy atom. The SMILES string of the molecule is O=C1N/C(=C/c2ccc(-c3cccc([N+](=O)[O-])c3)o2)C(=O)N1Cc1ccccc1. The summed E-state index contributed by atoms with van der Waals surface area (Å²) in [6, 6.07) is 18.0. The third kappa shape index (κ3) is 3.77. The van der Waals surface area contributed by atoms with E-state index in [-0.39, 0.29) is 17.9 Å². The van der Waals surface area contributed by atoms with Crippen molar-refractivity contribution in [2.45, 2.75) is 6.54 Å². The number of benzene rings is 2. The van der Waals surface area contributed by atoms with Crippen LogP contribution in [-0.2, 0) is 11.3 Å². The first kappa shape index (κ1) is 18.2. The van der Waals surface area contributed by atoms with Gasteiger partial charge >= 0.3 is 6.03 Å². The molecular formula is C21H15N3O5. The number of non-ortho nitro benzene ring substituents is 1. The summed E-state index contributed by atoms with van der Waals surface area (Å²) in [5.74, 6) is 0.308. The van der Waals surface area contributed by atoms with Crippen LogP contribution in [0.4, 0.5) is 10.5 Å². The smallest absolute Gasteiger partial charge is 0.329 e. The number of imide groups is 1. The van der Waals surface area contributed by atoms with E-state index in [9.17, 15) is 19.7 Å². The highest BCUT2D eigenvalue weighted by Crippen LogP contribution is 2.27. The van der Waals surface area contributed by atoms with Crippen molar-refractivity contribution in [3.63, 3.8) is 0 Å². The molecule has 3 amide bonds. The Hall–Kier alpha value is -4.20. The molecule has 2 heterocycles. The number of rotatable bonds is 5. The summed E-state index contributed by atoms with van der Waals surface area (Å²) in [7, 11) is 0. The Kier molecular flexibility index (Phi) is 4.66. The Morgan fingerprint density at radius 3 is 2.59 bits per heavy atom. The van der Waals surface area contributed by atoms with E-state index in [1.165, 1.54) is 18.2 Å². The second-order valence-corrected chi connectivity index (χ2v) is 6.37. The number of nitrogens with one attached hydrogen (secondary N) is 1. The van der Waals surface area contributed by atoms with Gasteiger partial charge in [-0.1, -0.05) is 42.5 Å². The fourth-order valence-electron chi connectivity index (χ4n) is 2.98. The van der Waals surface area contributed by atoms with Gasteiger partial charge in [0, 0.05) is 23.8 Å². The number of hydrogen-bond acceptors (Lipinski definition) is 5. The van der Waals surface area contributed by atoms with Crippen LogP contribution in [0.2, 0.25) is 0 Å². The van der Waals surface area contributed by atoms with Gasteiger partial charge in [0.1, 0.15) is 17.2 Å². The van der Waals surface area contributed by atoms with Gasteiger partial charge in [-0.2, -0.15) is 0 Å². The molecule has 0 aliphatic carbocycles. The van der Waals surface area contributed by atoms with E-state index in [0.717, 1.165) is 10.5 Å². The van der Waals surface area contributed by atoms with Gasteiger partial charge in [0.05, 0.1) is 11.5 Å². The zero-order valence-corrected chi connectivity index (χ0v) is 15.1. The molecule has 0 spiro atoms. The summed E-state index contributed by atoms with van der Waals surface area (Å²) in [6.07, 6.45) is 1.44. The van der Waals surface area contributed by atoms with Crippen molar-refractivity contribution in [2.24, 2.45) is 0 Å². The lowest BCUT2D eigenvalue weighted by atomic mass is 10.1. The Bertz CT molecular complexity index is 1130. The van der Waals surface area contributed by atoms with Crippen molar-refractivity contribution in [1.29, 1.82) is 0 Å². The molecule has 144 valence electrons. The second kappa shape index (κ2) is 7.43. The minimum atomic E-state index is -0.504.